The van der Waals surface area contributed by atoms with Crippen LogP contribution < -0.4 is 13.6 Å². The summed E-state index contributed by atoms with van der Waals surface area (Å²) in [6.45, 7) is 0. The molecule has 122 valence electrons. The molecule has 3 aromatic rings. The Balaban J connectivity index is 1.91. The minimum atomic E-state index is -4.07. The highest BCUT2D eigenvalue weighted by Crippen LogP contribution is 2.51. The predicted octanol–water partition coefficient (Wildman–Crippen LogP) is 5.04. The fourth-order valence-electron chi connectivity index (χ4n) is 1.93. The summed E-state index contributed by atoms with van der Waals surface area (Å²) >= 11 is 0. The molecule has 24 heavy (non-hydrogen) atoms. The first-order valence-corrected chi connectivity index (χ1v) is 8.68. The maximum atomic E-state index is 13.1. The van der Waals surface area contributed by atoms with Gasteiger partial charge in [0.15, 0.2) is 11.5 Å². The van der Waals surface area contributed by atoms with E-state index in [2.05, 4.69) is 0 Å². The van der Waals surface area contributed by atoms with Gasteiger partial charge in [0, 0.05) is 0 Å². The van der Waals surface area contributed by atoms with Crippen LogP contribution in [0.4, 0.5) is 0 Å². The lowest BCUT2D eigenvalue weighted by atomic mass is 10.3. The first kappa shape index (κ1) is 16.0. The molecule has 0 bridgehead atoms. The zero-order chi connectivity index (χ0) is 16.8. The molecule has 1 N–H and O–H groups in total. The third-order valence-electron chi connectivity index (χ3n) is 3.00. The zero-order valence-corrected chi connectivity index (χ0v) is 13.5. The van der Waals surface area contributed by atoms with E-state index in [0.717, 1.165) is 0 Å². The monoisotopic (exact) mass is 342 g/mol. The fourth-order valence-corrected chi connectivity index (χ4v) is 3.20. The maximum absolute atomic E-state index is 13.1. The molecule has 0 aromatic heterocycles. The first-order chi connectivity index (χ1) is 11.6. The zero-order valence-electron chi connectivity index (χ0n) is 12.6. The Bertz CT molecular complexity index is 791. The molecule has 0 aliphatic rings. The van der Waals surface area contributed by atoms with Crippen molar-refractivity contribution in [3.05, 3.63) is 84.9 Å². The lowest BCUT2D eigenvalue weighted by molar-refractivity contribution is 0.292. The normalized spacial score (nSPS) is 10.8. The van der Waals surface area contributed by atoms with Gasteiger partial charge >= 0.3 is 7.82 Å². The molecule has 0 atom stereocenters. The van der Waals surface area contributed by atoms with Crippen molar-refractivity contribution in [3.63, 3.8) is 0 Å². The second-order valence-corrected chi connectivity index (χ2v) is 6.26. The highest BCUT2D eigenvalue weighted by Gasteiger charge is 2.34. The van der Waals surface area contributed by atoms with E-state index in [4.69, 9.17) is 13.6 Å². The van der Waals surface area contributed by atoms with Crippen molar-refractivity contribution < 1.29 is 23.2 Å². The van der Waals surface area contributed by atoms with E-state index in [1.165, 1.54) is 12.1 Å². The average molecular weight is 342 g/mol. The molecule has 0 aliphatic heterocycles. The van der Waals surface area contributed by atoms with Crippen LogP contribution in [0, 0.1) is 0 Å². The van der Waals surface area contributed by atoms with Crippen LogP contribution in [0.15, 0.2) is 84.9 Å². The summed E-state index contributed by atoms with van der Waals surface area (Å²) in [5.74, 6) is 0.498. The van der Waals surface area contributed by atoms with Gasteiger partial charge in [-0.05, 0) is 36.4 Å². The predicted molar refractivity (Wildman–Crippen MR) is 90.5 cm³/mol. The van der Waals surface area contributed by atoms with Crippen molar-refractivity contribution in [2.24, 2.45) is 0 Å². The van der Waals surface area contributed by atoms with Crippen molar-refractivity contribution in [1.82, 2.24) is 0 Å². The molecule has 0 spiro atoms. The Morgan fingerprint density at radius 1 is 0.625 bits per heavy atom. The average Bonchev–Trinajstić information content (AvgIpc) is 2.58. The van der Waals surface area contributed by atoms with Crippen LogP contribution in [-0.4, -0.2) is 5.11 Å². The van der Waals surface area contributed by atoms with Gasteiger partial charge in [-0.25, -0.2) is 0 Å². The highest BCUT2D eigenvalue weighted by molar-refractivity contribution is 7.49. The smallest absolute Gasteiger partial charge is 0.504 e. The molecule has 3 aromatic carbocycles. The summed E-state index contributed by atoms with van der Waals surface area (Å²) in [5, 5.41) is 9.85. The molecule has 0 aliphatic carbocycles. The number of aromatic hydroxyl groups is 1. The Morgan fingerprint density at radius 3 is 1.58 bits per heavy atom. The third kappa shape index (κ3) is 4.09. The van der Waals surface area contributed by atoms with Crippen LogP contribution in [0.25, 0.3) is 0 Å². The largest absolute Gasteiger partial charge is 0.647 e. The van der Waals surface area contributed by atoms with Crippen molar-refractivity contribution >= 4 is 7.82 Å². The van der Waals surface area contributed by atoms with E-state index in [1.807, 2.05) is 0 Å². The number of phosphoric acid groups is 1. The third-order valence-corrected chi connectivity index (χ3v) is 4.29. The Morgan fingerprint density at radius 2 is 1.08 bits per heavy atom. The lowest BCUT2D eigenvalue weighted by Crippen LogP contribution is -2.07. The second-order valence-electron chi connectivity index (χ2n) is 4.81. The van der Waals surface area contributed by atoms with Gasteiger partial charge in [0.2, 0.25) is 0 Å². The van der Waals surface area contributed by atoms with Crippen LogP contribution in [0.2, 0.25) is 0 Å². The summed E-state index contributed by atoms with van der Waals surface area (Å²) in [6.07, 6.45) is 0. The molecular weight excluding hydrogens is 327 g/mol. The number of benzene rings is 3. The number of rotatable bonds is 6. The van der Waals surface area contributed by atoms with Gasteiger partial charge in [-0.15, -0.1) is 0 Å². The minimum absolute atomic E-state index is 0.00713. The molecule has 0 saturated carbocycles. The van der Waals surface area contributed by atoms with Crippen LogP contribution in [-0.2, 0) is 4.57 Å². The standard InChI is InChI=1S/C18H15O5P/c19-17-13-7-8-14-18(17)23-24(20,21-15-9-3-1-4-10-15)22-16-11-5-2-6-12-16/h1-14,19H. The van der Waals surface area contributed by atoms with E-state index < -0.39 is 7.82 Å². The van der Waals surface area contributed by atoms with E-state index in [1.54, 1.807) is 72.8 Å². The number of phenolic OH excluding ortho intramolecular Hbond substituents is 1. The number of phosphoric ester groups is 1. The number of para-hydroxylation sites is 4. The number of hydrogen-bond acceptors (Lipinski definition) is 5. The van der Waals surface area contributed by atoms with Gasteiger partial charge < -0.3 is 18.7 Å². The molecule has 6 heteroatoms. The van der Waals surface area contributed by atoms with Crippen LogP contribution in [0.3, 0.4) is 0 Å². The SMILES string of the molecule is O=P(Oc1ccccc1)(Oc1ccccc1)Oc1ccccc1O. The Kier molecular flexibility index (Phi) is 4.73. The van der Waals surface area contributed by atoms with Gasteiger partial charge in [-0.3, -0.25) is 0 Å². The Labute approximate surface area is 139 Å². The van der Waals surface area contributed by atoms with E-state index in [9.17, 15) is 9.67 Å². The minimum Gasteiger partial charge on any atom is -0.504 e. The van der Waals surface area contributed by atoms with E-state index in [0.29, 0.717) is 11.5 Å². The van der Waals surface area contributed by atoms with Gasteiger partial charge in [0.25, 0.3) is 0 Å². The molecule has 0 heterocycles. The van der Waals surface area contributed by atoms with Crippen molar-refractivity contribution in [2.45, 2.75) is 0 Å². The van der Waals surface area contributed by atoms with Crippen molar-refractivity contribution in [2.75, 3.05) is 0 Å². The quantitative estimate of drug-likeness (QED) is 0.636. The number of phenols is 1. The fraction of sp³-hybridized carbons (Fsp3) is 0. The molecular formula is C18H15O5P. The second kappa shape index (κ2) is 7.11. The summed E-state index contributed by atoms with van der Waals surface area (Å²) in [7, 11) is -4.07. The summed E-state index contributed by atoms with van der Waals surface area (Å²) in [4.78, 5) is 0. The van der Waals surface area contributed by atoms with Gasteiger partial charge in [0.1, 0.15) is 11.5 Å². The molecule has 5 nitrogen and oxygen atoms in total. The lowest BCUT2D eigenvalue weighted by Gasteiger charge is -2.19. The van der Waals surface area contributed by atoms with Gasteiger partial charge in [-0.2, -0.15) is 4.57 Å². The van der Waals surface area contributed by atoms with Crippen molar-refractivity contribution in [1.29, 1.82) is 0 Å². The van der Waals surface area contributed by atoms with Crippen LogP contribution in [0.1, 0.15) is 0 Å². The summed E-state index contributed by atoms with van der Waals surface area (Å²) in [6, 6.07) is 23.3. The topological polar surface area (TPSA) is 65.0 Å². The molecule has 0 radical (unpaired) electrons. The molecule has 3 rings (SSSR count). The summed E-state index contributed by atoms with van der Waals surface area (Å²) < 4.78 is 29.4. The van der Waals surface area contributed by atoms with Gasteiger partial charge in [-0.1, -0.05) is 48.5 Å². The molecule has 0 unspecified atom stereocenters. The van der Waals surface area contributed by atoms with Crippen molar-refractivity contribution in [3.8, 4) is 23.0 Å². The van der Waals surface area contributed by atoms with Crippen LogP contribution in [0.5, 0.6) is 23.0 Å². The molecule has 0 saturated heterocycles. The van der Waals surface area contributed by atoms with Crippen LogP contribution >= 0.6 is 7.82 Å². The highest BCUT2D eigenvalue weighted by atomic mass is 31.2. The van der Waals surface area contributed by atoms with E-state index >= 15 is 0 Å². The summed E-state index contributed by atoms with van der Waals surface area (Å²) in [5.41, 5.74) is 0. The Hall–Kier alpha value is -2.91. The van der Waals surface area contributed by atoms with E-state index in [-0.39, 0.29) is 11.5 Å². The number of hydrogen-bond donors (Lipinski definition) is 1. The van der Waals surface area contributed by atoms with Gasteiger partial charge in [0.05, 0.1) is 0 Å². The first-order valence-electron chi connectivity index (χ1n) is 7.21. The molecule has 0 fully saturated rings. The molecule has 0 amide bonds. The maximum Gasteiger partial charge on any atom is 0.647 e.